The van der Waals surface area contributed by atoms with Gasteiger partial charge in [-0.1, -0.05) is 18.2 Å². The highest BCUT2D eigenvalue weighted by molar-refractivity contribution is 6.13. The minimum absolute atomic E-state index is 0.00766. The van der Waals surface area contributed by atoms with E-state index in [1.54, 1.807) is 26.2 Å². The van der Waals surface area contributed by atoms with Gasteiger partial charge in [0.2, 0.25) is 0 Å². The van der Waals surface area contributed by atoms with Crippen molar-refractivity contribution in [2.45, 2.75) is 39.3 Å². The van der Waals surface area contributed by atoms with Crippen LogP contribution in [0.4, 0.5) is 0 Å². The van der Waals surface area contributed by atoms with Gasteiger partial charge < -0.3 is 19.2 Å². The third-order valence-corrected chi connectivity index (χ3v) is 5.15. The highest BCUT2D eigenvalue weighted by Gasteiger charge is 2.35. The number of furan rings is 1. The number of benzene rings is 2. The second kappa shape index (κ2) is 6.95. The molecule has 1 aliphatic heterocycles. The van der Waals surface area contributed by atoms with Gasteiger partial charge in [0.15, 0.2) is 11.5 Å². The lowest BCUT2D eigenvalue weighted by molar-refractivity contribution is 0.0623. The van der Waals surface area contributed by atoms with Gasteiger partial charge in [0.05, 0.1) is 19.1 Å². The number of ether oxygens (including phenoxy) is 2. The summed E-state index contributed by atoms with van der Waals surface area (Å²) < 4.78 is 17.1. The van der Waals surface area contributed by atoms with Crippen molar-refractivity contribution in [1.29, 1.82) is 0 Å². The quantitative estimate of drug-likeness (QED) is 0.710. The van der Waals surface area contributed by atoms with E-state index in [1.807, 2.05) is 38.1 Å². The Morgan fingerprint density at radius 3 is 2.72 bits per heavy atom. The molecular formula is C23H23NO5. The van der Waals surface area contributed by atoms with Crippen molar-refractivity contribution in [2.24, 2.45) is 0 Å². The number of carbonyl (C=O) groups excluding carboxylic acids is 2. The molecule has 0 saturated heterocycles. The number of amides is 1. The van der Waals surface area contributed by atoms with Gasteiger partial charge in [-0.25, -0.2) is 0 Å². The molecule has 1 aromatic heterocycles. The van der Waals surface area contributed by atoms with Crippen LogP contribution in [-0.2, 0) is 6.54 Å². The highest BCUT2D eigenvalue weighted by Crippen LogP contribution is 2.40. The molecule has 1 N–H and O–H groups in total. The van der Waals surface area contributed by atoms with Gasteiger partial charge in [-0.2, -0.15) is 0 Å². The smallest absolute Gasteiger partial charge is 0.287 e. The summed E-state index contributed by atoms with van der Waals surface area (Å²) in [6.07, 6.45) is 0.277. The Hall–Kier alpha value is -3.28. The molecule has 0 aliphatic carbocycles. The molecule has 0 unspecified atom stereocenters. The number of nitrogens with one attached hydrogen (secondary N) is 1. The first-order chi connectivity index (χ1) is 13.8. The maximum absolute atomic E-state index is 12.8. The Kier molecular flexibility index (Phi) is 4.57. The first-order valence-electron chi connectivity index (χ1n) is 9.49. The monoisotopic (exact) mass is 393 g/mol. The van der Waals surface area contributed by atoms with Gasteiger partial charge in [0, 0.05) is 23.1 Å². The second-order valence-electron chi connectivity index (χ2n) is 7.82. The van der Waals surface area contributed by atoms with Crippen LogP contribution in [0.25, 0.3) is 11.0 Å². The average molecular weight is 393 g/mol. The van der Waals surface area contributed by atoms with Crippen LogP contribution < -0.4 is 14.8 Å². The van der Waals surface area contributed by atoms with E-state index in [1.165, 1.54) is 0 Å². The largest absolute Gasteiger partial charge is 0.496 e. The van der Waals surface area contributed by atoms with E-state index in [2.05, 4.69) is 5.32 Å². The number of Topliss-reactive ketones (excluding diaryl/α,β-unsaturated/α-hetero) is 1. The molecule has 1 aliphatic rings. The fraction of sp³-hybridized carbons (Fsp3) is 0.304. The highest BCUT2D eigenvalue weighted by atomic mass is 16.5. The summed E-state index contributed by atoms with van der Waals surface area (Å²) in [6, 6.07) is 11.0. The number of hydrogen-bond acceptors (Lipinski definition) is 5. The zero-order valence-corrected chi connectivity index (χ0v) is 16.9. The molecule has 150 valence electrons. The summed E-state index contributed by atoms with van der Waals surface area (Å²) in [5.74, 6) is 1.08. The molecule has 1 amide bonds. The Morgan fingerprint density at radius 2 is 1.97 bits per heavy atom. The van der Waals surface area contributed by atoms with E-state index in [-0.39, 0.29) is 23.9 Å². The molecule has 0 saturated carbocycles. The summed E-state index contributed by atoms with van der Waals surface area (Å²) in [5, 5.41) is 3.51. The SMILES string of the molecule is COc1ccccc1CNC(=O)c1oc2ccc3c(c2c1C)C(=O)CC(C)(C)O3. The van der Waals surface area contributed by atoms with E-state index in [4.69, 9.17) is 13.9 Å². The lowest BCUT2D eigenvalue weighted by atomic mass is 9.90. The zero-order valence-electron chi connectivity index (χ0n) is 16.9. The van der Waals surface area contributed by atoms with E-state index >= 15 is 0 Å². The molecule has 0 fully saturated rings. The molecule has 0 bridgehead atoms. The minimum Gasteiger partial charge on any atom is -0.496 e. The fourth-order valence-electron chi connectivity index (χ4n) is 3.81. The van der Waals surface area contributed by atoms with Crippen LogP contribution in [0, 0.1) is 6.92 Å². The van der Waals surface area contributed by atoms with Crippen LogP contribution in [0.3, 0.4) is 0 Å². The Morgan fingerprint density at radius 1 is 1.21 bits per heavy atom. The topological polar surface area (TPSA) is 77.8 Å². The van der Waals surface area contributed by atoms with Crippen LogP contribution in [0.2, 0.25) is 0 Å². The Labute approximate surface area is 168 Å². The van der Waals surface area contributed by atoms with Crippen molar-refractivity contribution in [1.82, 2.24) is 5.32 Å². The predicted octanol–water partition coefficient (Wildman–Crippen LogP) is 4.42. The molecule has 29 heavy (non-hydrogen) atoms. The molecule has 4 rings (SSSR count). The van der Waals surface area contributed by atoms with Gasteiger partial charge >= 0.3 is 0 Å². The number of carbonyl (C=O) groups is 2. The number of methoxy groups -OCH3 is 1. The molecule has 2 heterocycles. The minimum atomic E-state index is -0.551. The maximum atomic E-state index is 12.8. The number of fused-ring (bicyclic) bond motifs is 3. The number of hydrogen-bond donors (Lipinski definition) is 1. The van der Waals surface area contributed by atoms with Crippen LogP contribution in [0.15, 0.2) is 40.8 Å². The van der Waals surface area contributed by atoms with Crippen molar-refractivity contribution in [2.75, 3.05) is 7.11 Å². The summed E-state index contributed by atoms with van der Waals surface area (Å²) in [6.45, 7) is 5.86. The third kappa shape index (κ3) is 3.35. The molecule has 0 radical (unpaired) electrons. The van der Waals surface area contributed by atoms with Crippen LogP contribution in [0.5, 0.6) is 11.5 Å². The number of ketones is 1. The molecule has 3 aromatic rings. The average Bonchev–Trinajstić information content (AvgIpc) is 3.02. The Bertz CT molecular complexity index is 1130. The maximum Gasteiger partial charge on any atom is 0.287 e. The summed E-state index contributed by atoms with van der Waals surface area (Å²) in [4.78, 5) is 25.6. The third-order valence-electron chi connectivity index (χ3n) is 5.15. The van der Waals surface area contributed by atoms with E-state index in [0.717, 1.165) is 5.56 Å². The molecule has 6 heteroatoms. The zero-order chi connectivity index (χ0) is 20.8. The van der Waals surface area contributed by atoms with Crippen molar-refractivity contribution in [3.8, 4) is 11.5 Å². The predicted molar refractivity (Wildman–Crippen MR) is 109 cm³/mol. The standard InChI is InChI=1S/C23H23NO5/c1-13-19-17(9-10-18-20(19)15(25)11-23(2,3)29-18)28-21(13)22(26)24-12-14-7-5-6-8-16(14)27-4/h5-10H,11-12H2,1-4H3,(H,24,26). The summed E-state index contributed by atoms with van der Waals surface area (Å²) in [7, 11) is 1.59. The van der Waals surface area contributed by atoms with Gasteiger partial charge in [0.25, 0.3) is 5.91 Å². The van der Waals surface area contributed by atoms with Crippen molar-refractivity contribution in [3.05, 3.63) is 58.8 Å². The van der Waals surface area contributed by atoms with Gasteiger partial charge in [0.1, 0.15) is 22.7 Å². The van der Waals surface area contributed by atoms with E-state index in [9.17, 15) is 9.59 Å². The van der Waals surface area contributed by atoms with E-state index < -0.39 is 5.60 Å². The van der Waals surface area contributed by atoms with Crippen LogP contribution >= 0.6 is 0 Å². The fourth-order valence-corrected chi connectivity index (χ4v) is 3.81. The molecule has 0 atom stereocenters. The van der Waals surface area contributed by atoms with Crippen molar-refractivity contribution in [3.63, 3.8) is 0 Å². The molecular weight excluding hydrogens is 370 g/mol. The first-order valence-corrected chi connectivity index (χ1v) is 9.49. The lowest BCUT2D eigenvalue weighted by Crippen LogP contribution is -2.36. The van der Waals surface area contributed by atoms with E-state index in [0.29, 0.717) is 40.1 Å². The van der Waals surface area contributed by atoms with Gasteiger partial charge in [-0.15, -0.1) is 0 Å². The van der Waals surface area contributed by atoms with Gasteiger partial charge in [-0.05, 0) is 39.0 Å². The lowest BCUT2D eigenvalue weighted by Gasteiger charge is -2.31. The Balaban J connectivity index is 1.67. The number of aryl methyl sites for hydroxylation is 1. The van der Waals surface area contributed by atoms with Crippen LogP contribution in [-0.4, -0.2) is 24.4 Å². The molecule has 6 nitrogen and oxygen atoms in total. The number of rotatable bonds is 4. The number of para-hydroxylation sites is 1. The molecule has 0 spiro atoms. The first kappa shape index (κ1) is 19.1. The van der Waals surface area contributed by atoms with Crippen molar-refractivity contribution >= 4 is 22.7 Å². The summed E-state index contributed by atoms with van der Waals surface area (Å²) >= 11 is 0. The van der Waals surface area contributed by atoms with Crippen LogP contribution in [0.1, 0.15) is 52.3 Å². The van der Waals surface area contributed by atoms with Crippen molar-refractivity contribution < 1.29 is 23.5 Å². The summed E-state index contributed by atoms with van der Waals surface area (Å²) in [5.41, 5.74) is 1.93. The molecule has 2 aromatic carbocycles. The normalized spacial score (nSPS) is 15.0. The van der Waals surface area contributed by atoms with Gasteiger partial charge in [-0.3, -0.25) is 9.59 Å². The second-order valence-corrected chi connectivity index (χ2v) is 7.82.